The number of carbonyl (C=O) groups excluding carboxylic acids is 1. The maximum absolute atomic E-state index is 11.0. The van der Waals surface area contributed by atoms with Crippen molar-refractivity contribution in [2.75, 3.05) is 13.2 Å². The minimum absolute atomic E-state index is 0.360. The van der Waals surface area contributed by atoms with E-state index in [4.69, 9.17) is 9.47 Å². The first kappa shape index (κ1) is 15.0. The first-order valence-corrected chi connectivity index (χ1v) is 6.21. The number of hydrogen-bond donors (Lipinski definition) is 0. The predicted octanol–water partition coefficient (Wildman–Crippen LogP) is 4.08. The van der Waals surface area contributed by atoms with E-state index in [-0.39, 0.29) is 0 Å². The lowest BCUT2D eigenvalue weighted by atomic mass is 10.1. The summed E-state index contributed by atoms with van der Waals surface area (Å²) >= 11 is 0. The van der Waals surface area contributed by atoms with E-state index in [9.17, 15) is 4.79 Å². The maximum atomic E-state index is 11.0. The molecule has 16 heavy (non-hydrogen) atoms. The molecule has 0 aromatic heterocycles. The van der Waals surface area contributed by atoms with Gasteiger partial charge in [-0.25, -0.2) is 4.79 Å². The second-order valence-electron chi connectivity index (χ2n) is 3.79. The Bertz CT molecular complexity index is 178. The summed E-state index contributed by atoms with van der Waals surface area (Å²) in [4.78, 5) is 11.0. The minimum Gasteiger partial charge on any atom is -0.434 e. The molecule has 0 unspecified atom stereocenters. The molecule has 3 nitrogen and oxygen atoms in total. The van der Waals surface area contributed by atoms with Crippen LogP contribution in [0.2, 0.25) is 0 Å². The molecule has 0 aromatic carbocycles. The Morgan fingerprint density at radius 1 is 1.06 bits per heavy atom. The summed E-state index contributed by atoms with van der Waals surface area (Å²) in [5, 5.41) is 0. The Labute approximate surface area is 98.8 Å². The number of hydrogen-bond acceptors (Lipinski definition) is 3. The van der Waals surface area contributed by atoms with Crippen LogP contribution >= 0.6 is 0 Å². The van der Waals surface area contributed by atoms with E-state index in [2.05, 4.69) is 13.5 Å². The van der Waals surface area contributed by atoms with Crippen LogP contribution in [0.1, 0.15) is 51.9 Å². The van der Waals surface area contributed by atoms with Crippen LogP contribution < -0.4 is 0 Å². The fraction of sp³-hybridized carbons (Fsp3) is 0.769. The summed E-state index contributed by atoms with van der Waals surface area (Å²) in [6, 6.07) is 0. The van der Waals surface area contributed by atoms with Crippen LogP contribution in [0, 0.1) is 0 Å². The number of carbonyl (C=O) groups is 1. The van der Waals surface area contributed by atoms with Gasteiger partial charge in [-0.05, 0) is 12.8 Å². The highest BCUT2D eigenvalue weighted by Crippen LogP contribution is 2.05. The molecular weight excluding hydrogens is 204 g/mol. The molecule has 0 aromatic rings. The van der Waals surface area contributed by atoms with Gasteiger partial charge in [0.1, 0.15) is 0 Å². The van der Waals surface area contributed by atoms with Crippen LogP contribution in [-0.4, -0.2) is 19.4 Å². The van der Waals surface area contributed by atoms with E-state index in [1.54, 1.807) is 6.08 Å². The average Bonchev–Trinajstić information content (AvgIpc) is 2.28. The van der Waals surface area contributed by atoms with E-state index in [1.807, 2.05) is 0 Å². The number of unbranched alkanes of at least 4 members (excludes halogenated alkanes) is 5. The van der Waals surface area contributed by atoms with Gasteiger partial charge in [-0.2, -0.15) is 0 Å². The van der Waals surface area contributed by atoms with E-state index in [0.717, 1.165) is 12.8 Å². The van der Waals surface area contributed by atoms with Gasteiger partial charge < -0.3 is 9.47 Å². The fourth-order valence-electron chi connectivity index (χ4n) is 1.31. The molecule has 0 rings (SSSR count). The zero-order valence-corrected chi connectivity index (χ0v) is 10.4. The zero-order valence-electron chi connectivity index (χ0n) is 10.4. The van der Waals surface area contributed by atoms with Crippen molar-refractivity contribution in [1.82, 2.24) is 0 Å². The van der Waals surface area contributed by atoms with E-state index >= 15 is 0 Å². The first-order valence-electron chi connectivity index (χ1n) is 6.21. The van der Waals surface area contributed by atoms with Crippen molar-refractivity contribution in [3.63, 3.8) is 0 Å². The van der Waals surface area contributed by atoms with Crippen molar-refractivity contribution in [3.05, 3.63) is 12.7 Å². The van der Waals surface area contributed by atoms with Gasteiger partial charge in [0.05, 0.1) is 13.2 Å². The third-order valence-electron chi connectivity index (χ3n) is 2.26. The Morgan fingerprint density at radius 2 is 1.69 bits per heavy atom. The summed E-state index contributed by atoms with van der Waals surface area (Å²) in [7, 11) is 0. The predicted molar refractivity (Wildman–Crippen MR) is 65.5 cm³/mol. The molecule has 0 aliphatic carbocycles. The molecule has 94 valence electrons. The van der Waals surface area contributed by atoms with Gasteiger partial charge in [-0.1, -0.05) is 45.1 Å². The molecule has 0 radical (unpaired) electrons. The highest BCUT2D eigenvalue weighted by Gasteiger charge is 2.01. The topological polar surface area (TPSA) is 35.5 Å². The van der Waals surface area contributed by atoms with Gasteiger partial charge >= 0.3 is 6.16 Å². The standard InChI is InChI=1S/C13H24O3/c1-3-5-7-8-9-10-12-16-13(14)15-11-6-4-2/h4H,2-3,5-12H2,1H3. The van der Waals surface area contributed by atoms with Gasteiger partial charge in [0, 0.05) is 0 Å². The molecule has 0 atom stereocenters. The lowest BCUT2D eigenvalue weighted by Crippen LogP contribution is -2.09. The molecule has 0 N–H and O–H groups in total. The summed E-state index contributed by atoms with van der Waals surface area (Å²) in [6.07, 6.45) is 8.93. The number of rotatable bonds is 10. The molecule has 0 saturated carbocycles. The monoisotopic (exact) mass is 228 g/mol. The first-order chi connectivity index (χ1) is 7.81. The van der Waals surface area contributed by atoms with Crippen LogP contribution in [0.5, 0.6) is 0 Å². The molecule has 0 aliphatic heterocycles. The van der Waals surface area contributed by atoms with E-state index in [0.29, 0.717) is 19.6 Å². The van der Waals surface area contributed by atoms with Gasteiger partial charge in [0.25, 0.3) is 0 Å². The largest absolute Gasteiger partial charge is 0.508 e. The van der Waals surface area contributed by atoms with Crippen molar-refractivity contribution in [2.24, 2.45) is 0 Å². The lowest BCUT2D eigenvalue weighted by molar-refractivity contribution is 0.0553. The van der Waals surface area contributed by atoms with Gasteiger partial charge in [0.15, 0.2) is 0 Å². The van der Waals surface area contributed by atoms with Gasteiger partial charge in [-0.15, -0.1) is 6.58 Å². The maximum Gasteiger partial charge on any atom is 0.508 e. The van der Waals surface area contributed by atoms with Crippen LogP contribution in [0.4, 0.5) is 4.79 Å². The highest BCUT2D eigenvalue weighted by atomic mass is 16.7. The fourth-order valence-corrected chi connectivity index (χ4v) is 1.31. The zero-order chi connectivity index (χ0) is 12.1. The minimum atomic E-state index is -0.560. The molecule has 0 aliphatic rings. The Balaban J connectivity index is 3.12. The number of ether oxygens (including phenoxy) is 2. The van der Waals surface area contributed by atoms with Crippen LogP contribution in [-0.2, 0) is 9.47 Å². The molecule has 0 amide bonds. The smallest absolute Gasteiger partial charge is 0.434 e. The lowest BCUT2D eigenvalue weighted by Gasteiger charge is -2.05. The normalized spacial score (nSPS) is 9.81. The van der Waals surface area contributed by atoms with Crippen LogP contribution in [0.25, 0.3) is 0 Å². The van der Waals surface area contributed by atoms with Crippen molar-refractivity contribution in [2.45, 2.75) is 51.9 Å². The Hall–Kier alpha value is -0.990. The Morgan fingerprint density at radius 3 is 2.38 bits per heavy atom. The third-order valence-corrected chi connectivity index (χ3v) is 2.26. The van der Waals surface area contributed by atoms with Crippen molar-refractivity contribution < 1.29 is 14.3 Å². The quantitative estimate of drug-likeness (QED) is 0.321. The second-order valence-corrected chi connectivity index (χ2v) is 3.79. The molecule has 0 fully saturated rings. The summed E-state index contributed by atoms with van der Waals surface area (Å²) in [5.74, 6) is 0. The van der Waals surface area contributed by atoms with E-state index < -0.39 is 6.16 Å². The Kier molecular flexibility index (Phi) is 11.3. The average molecular weight is 228 g/mol. The van der Waals surface area contributed by atoms with Crippen molar-refractivity contribution >= 4 is 6.16 Å². The van der Waals surface area contributed by atoms with Crippen molar-refractivity contribution in [3.8, 4) is 0 Å². The summed E-state index contributed by atoms with van der Waals surface area (Å²) in [5.41, 5.74) is 0. The molecule has 0 saturated heterocycles. The van der Waals surface area contributed by atoms with E-state index in [1.165, 1.54) is 25.7 Å². The van der Waals surface area contributed by atoms with Crippen LogP contribution in [0.3, 0.4) is 0 Å². The molecule has 0 heterocycles. The van der Waals surface area contributed by atoms with Gasteiger partial charge in [-0.3, -0.25) is 0 Å². The molecular formula is C13H24O3. The summed E-state index contributed by atoms with van der Waals surface area (Å²) in [6.45, 7) is 6.56. The second kappa shape index (κ2) is 12.1. The molecule has 0 bridgehead atoms. The summed E-state index contributed by atoms with van der Waals surface area (Å²) < 4.78 is 9.69. The third kappa shape index (κ3) is 11.1. The van der Waals surface area contributed by atoms with Gasteiger partial charge in [0.2, 0.25) is 0 Å². The molecule has 3 heteroatoms. The van der Waals surface area contributed by atoms with Crippen LogP contribution in [0.15, 0.2) is 12.7 Å². The molecule has 0 spiro atoms. The van der Waals surface area contributed by atoms with Crippen molar-refractivity contribution in [1.29, 1.82) is 0 Å². The SMILES string of the molecule is C=CCCOC(=O)OCCCCCCCC. The highest BCUT2D eigenvalue weighted by molar-refractivity contribution is 5.59.